The van der Waals surface area contributed by atoms with E-state index in [-0.39, 0.29) is 18.6 Å². The van der Waals surface area contributed by atoms with Crippen molar-refractivity contribution in [1.82, 2.24) is 0 Å². The molecule has 1 atom stereocenters. The van der Waals surface area contributed by atoms with Crippen LogP contribution in [0.5, 0.6) is 0 Å². The Morgan fingerprint density at radius 3 is 2.24 bits per heavy atom. The molecule has 0 aliphatic rings. The zero-order valence-corrected chi connectivity index (χ0v) is 11.7. The molecule has 1 N–H and O–H groups in total. The van der Waals surface area contributed by atoms with Crippen LogP contribution < -0.4 is 0 Å². The van der Waals surface area contributed by atoms with E-state index in [0.29, 0.717) is 15.6 Å². The van der Waals surface area contributed by atoms with E-state index in [0.717, 1.165) is 0 Å². The van der Waals surface area contributed by atoms with E-state index in [4.69, 9.17) is 28.3 Å². The Morgan fingerprint density at radius 2 is 1.76 bits per heavy atom. The van der Waals surface area contributed by atoms with Gasteiger partial charge in [0.05, 0.1) is 4.83 Å². The van der Waals surface area contributed by atoms with Gasteiger partial charge in [0.15, 0.2) is 5.78 Å². The lowest BCUT2D eigenvalue weighted by Crippen LogP contribution is -2.15. The molecule has 1 aromatic rings. The van der Waals surface area contributed by atoms with Crippen molar-refractivity contribution in [2.45, 2.75) is 17.7 Å². The standard InChI is InChI=1S/C11H9BrCl2O3/c12-9(1-2-10(15)16)11(17)6-3-7(13)5-8(14)4-6/h3-5,9H,1-2H2,(H,15,16). The molecule has 92 valence electrons. The largest absolute Gasteiger partial charge is 0.481 e. The van der Waals surface area contributed by atoms with Crippen LogP contribution in [0, 0.1) is 0 Å². The van der Waals surface area contributed by atoms with E-state index < -0.39 is 10.8 Å². The molecule has 0 saturated heterocycles. The summed E-state index contributed by atoms with van der Waals surface area (Å²) in [6.07, 6.45) is 0.147. The fourth-order valence-electron chi connectivity index (χ4n) is 1.26. The highest BCUT2D eigenvalue weighted by atomic mass is 79.9. The number of ketones is 1. The van der Waals surface area contributed by atoms with E-state index >= 15 is 0 Å². The maximum Gasteiger partial charge on any atom is 0.303 e. The van der Waals surface area contributed by atoms with Crippen molar-refractivity contribution in [2.24, 2.45) is 0 Å². The van der Waals surface area contributed by atoms with E-state index in [1.807, 2.05) is 0 Å². The second-order valence-electron chi connectivity index (χ2n) is 3.42. The van der Waals surface area contributed by atoms with Gasteiger partial charge in [0.1, 0.15) is 0 Å². The number of halogens is 3. The van der Waals surface area contributed by atoms with Crippen LogP contribution in [0.1, 0.15) is 23.2 Å². The molecule has 0 radical (unpaired) electrons. The van der Waals surface area contributed by atoms with Crippen LogP contribution in [0.2, 0.25) is 10.0 Å². The number of Topliss-reactive ketones (excluding diaryl/α,β-unsaturated/α-hetero) is 1. The van der Waals surface area contributed by atoms with Gasteiger partial charge < -0.3 is 5.11 Å². The van der Waals surface area contributed by atoms with Gasteiger partial charge in [0.25, 0.3) is 0 Å². The number of aliphatic carboxylic acids is 1. The van der Waals surface area contributed by atoms with Gasteiger partial charge in [-0.15, -0.1) is 0 Å². The van der Waals surface area contributed by atoms with Gasteiger partial charge in [-0.1, -0.05) is 39.1 Å². The van der Waals surface area contributed by atoms with Crippen molar-refractivity contribution in [1.29, 1.82) is 0 Å². The van der Waals surface area contributed by atoms with Crippen molar-refractivity contribution < 1.29 is 14.7 Å². The third kappa shape index (κ3) is 4.66. The summed E-state index contributed by atoms with van der Waals surface area (Å²) in [5.74, 6) is -1.16. The van der Waals surface area contributed by atoms with E-state index in [1.54, 1.807) is 0 Å². The molecule has 1 aromatic carbocycles. The average Bonchev–Trinajstić information content (AvgIpc) is 2.23. The van der Waals surface area contributed by atoms with Gasteiger partial charge in [0, 0.05) is 22.0 Å². The quantitative estimate of drug-likeness (QED) is 0.655. The highest BCUT2D eigenvalue weighted by Crippen LogP contribution is 2.22. The molecule has 0 saturated carbocycles. The Bertz CT molecular complexity index is 428. The smallest absolute Gasteiger partial charge is 0.303 e. The zero-order valence-electron chi connectivity index (χ0n) is 8.62. The monoisotopic (exact) mass is 338 g/mol. The van der Waals surface area contributed by atoms with Crippen molar-refractivity contribution in [3.63, 3.8) is 0 Å². The summed E-state index contributed by atoms with van der Waals surface area (Å²) >= 11 is 14.7. The summed E-state index contributed by atoms with van der Waals surface area (Å²) in [6.45, 7) is 0. The van der Waals surface area contributed by atoms with E-state index in [9.17, 15) is 9.59 Å². The third-order valence-corrected chi connectivity index (χ3v) is 3.35. The lowest BCUT2D eigenvalue weighted by Gasteiger charge is -2.08. The van der Waals surface area contributed by atoms with Crippen LogP contribution in [-0.2, 0) is 4.79 Å². The number of carboxylic acid groups (broad SMARTS) is 1. The van der Waals surface area contributed by atoms with Crippen LogP contribution in [-0.4, -0.2) is 21.7 Å². The molecule has 0 aromatic heterocycles. The molecular formula is C11H9BrCl2O3. The lowest BCUT2D eigenvalue weighted by atomic mass is 10.1. The molecular weight excluding hydrogens is 331 g/mol. The predicted octanol–water partition coefficient (Wildman–Crippen LogP) is 3.80. The number of carbonyl (C=O) groups is 2. The maximum atomic E-state index is 11.9. The van der Waals surface area contributed by atoms with E-state index in [2.05, 4.69) is 15.9 Å². The lowest BCUT2D eigenvalue weighted by molar-refractivity contribution is -0.137. The van der Waals surface area contributed by atoms with Gasteiger partial charge in [0.2, 0.25) is 0 Å². The van der Waals surface area contributed by atoms with Crippen LogP contribution >= 0.6 is 39.1 Å². The number of carboxylic acids is 1. The number of rotatable bonds is 5. The molecule has 0 fully saturated rings. The second-order valence-corrected chi connectivity index (χ2v) is 5.40. The van der Waals surface area contributed by atoms with Crippen LogP contribution in [0.4, 0.5) is 0 Å². The summed E-state index contributed by atoms with van der Waals surface area (Å²) in [4.78, 5) is 21.8. The number of hydrogen-bond acceptors (Lipinski definition) is 2. The minimum atomic E-state index is -0.939. The summed E-state index contributed by atoms with van der Waals surface area (Å²) in [7, 11) is 0. The molecule has 17 heavy (non-hydrogen) atoms. The van der Waals surface area contributed by atoms with Gasteiger partial charge >= 0.3 is 5.97 Å². The number of alkyl halides is 1. The van der Waals surface area contributed by atoms with E-state index in [1.165, 1.54) is 18.2 Å². The predicted molar refractivity (Wildman–Crippen MR) is 70.4 cm³/mol. The highest BCUT2D eigenvalue weighted by molar-refractivity contribution is 9.10. The number of carbonyl (C=O) groups excluding carboxylic acids is 1. The van der Waals surface area contributed by atoms with Crippen LogP contribution in [0.15, 0.2) is 18.2 Å². The van der Waals surface area contributed by atoms with Gasteiger partial charge in [-0.05, 0) is 24.6 Å². The van der Waals surface area contributed by atoms with Crippen LogP contribution in [0.3, 0.4) is 0 Å². The Hall–Kier alpha value is -0.580. The molecule has 6 heteroatoms. The van der Waals surface area contributed by atoms with Gasteiger partial charge in [-0.25, -0.2) is 0 Å². The Labute approximate surface area is 117 Å². The number of hydrogen-bond donors (Lipinski definition) is 1. The fraction of sp³-hybridized carbons (Fsp3) is 0.273. The Kier molecular flexibility index (Phi) is 5.43. The van der Waals surface area contributed by atoms with Crippen LogP contribution in [0.25, 0.3) is 0 Å². The van der Waals surface area contributed by atoms with Crippen molar-refractivity contribution in [3.05, 3.63) is 33.8 Å². The molecule has 0 amide bonds. The van der Waals surface area contributed by atoms with Crippen molar-refractivity contribution >= 4 is 50.9 Å². The topological polar surface area (TPSA) is 54.4 Å². The number of benzene rings is 1. The first-order valence-electron chi connectivity index (χ1n) is 4.76. The SMILES string of the molecule is O=C(O)CCC(Br)C(=O)c1cc(Cl)cc(Cl)c1. The molecule has 0 bridgehead atoms. The summed E-state index contributed by atoms with van der Waals surface area (Å²) in [6, 6.07) is 4.54. The minimum absolute atomic E-state index is 0.0735. The first-order chi connectivity index (χ1) is 7.90. The molecule has 0 aliphatic heterocycles. The third-order valence-electron chi connectivity index (χ3n) is 2.04. The highest BCUT2D eigenvalue weighted by Gasteiger charge is 2.18. The van der Waals surface area contributed by atoms with Gasteiger partial charge in [-0.2, -0.15) is 0 Å². The first-order valence-corrected chi connectivity index (χ1v) is 6.43. The first kappa shape index (κ1) is 14.5. The minimum Gasteiger partial charge on any atom is -0.481 e. The summed E-state index contributed by atoms with van der Waals surface area (Å²) in [5.41, 5.74) is 0.370. The molecule has 0 heterocycles. The maximum absolute atomic E-state index is 11.9. The van der Waals surface area contributed by atoms with Gasteiger partial charge in [-0.3, -0.25) is 9.59 Å². The second kappa shape index (κ2) is 6.38. The Balaban J connectivity index is 2.77. The molecule has 3 nitrogen and oxygen atoms in total. The Morgan fingerprint density at radius 1 is 1.24 bits per heavy atom. The molecule has 0 aliphatic carbocycles. The normalized spacial score (nSPS) is 12.2. The molecule has 1 rings (SSSR count). The average molecular weight is 340 g/mol. The zero-order chi connectivity index (χ0) is 13.0. The molecule has 1 unspecified atom stereocenters. The fourth-order valence-corrected chi connectivity index (χ4v) is 2.28. The molecule has 0 spiro atoms. The van der Waals surface area contributed by atoms with Crippen molar-refractivity contribution in [2.75, 3.05) is 0 Å². The summed E-state index contributed by atoms with van der Waals surface area (Å²) < 4.78 is 0. The van der Waals surface area contributed by atoms with Crippen molar-refractivity contribution in [3.8, 4) is 0 Å². The summed E-state index contributed by atoms with van der Waals surface area (Å²) in [5, 5.41) is 9.28.